The number of nitrogens with two attached hydrogens (primary N) is 1. The molecule has 1 aromatic rings. The Morgan fingerprint density at radius 1 is 1.21 bits per heavy atom. The van der Waals surface area contributed by atoms with Crippen LogP contribution in [0.25, 0.3) is 0 Å². The van der Waals surface area contributed by atoms with E-state index in [0.29, 0.717) is 25.9 Å². The van der Waals surface area contributed by atoms with Crippen LogP contribution in [0.4, 0.5) is 0 Å². The van der Waals surface area contributed by atoms with Crippen LogP contribution in [-0.2, 0) is 11.2 Å². The van der Waals surface area contributed by atoms with Gasteiger partial charge in [-0.3, -0.25) is 9.59 Å². The van der Waals surface area contributed by atoms with Crippen molar-refractivity contribution in [3.63, 3.8) is 0 Å². The standard InChI is InChI=1S/C15H20N2O2/c1-2-11-3-5-13(6-4-11)15(19)17-9-7-12(8-10-17)14(16)18/h3-6,12H,2,7-10H2,1H3,(H2,16,18). The predicted molar refractivity (Wildman–Crippen MR) is 73.6 cm³/mol. The van der Waals surface area contributed by atoms with Gasteiger partial charge in [-0.1, -0.05) is 19.1 Å². The van der Waals surface area contributed by atoms with Gasteiger partial charge < -0.3 is 10.6 Å². The van der Waals surface area contributed by atoms with Crippen LogP contribution in [0.3, 0.4) is 0 Å². The Kier molecular flexibility index (Phi) is 4.20. The molecule has 0 unspecified atom stereocenters. The summed E-state index contributed by atoms with van der Waals surface area (Å²) in [6, 6.07) is 7.73. The third-order valence-electron chi connectivity index (χ3n) is 3.79. The van der Waals surface area contributed by atoms with Crippen LogP contribution in [0, 0.1) is 5.92 Å². The molecule has 1 heterocycles. The lowest BCUT2D eigenvalue weighted by molar-refractivity contribution is -0.123. The predicted octanol–water partition coefficient (Wildman–Crippen LogP) is 1.59. The zero-order chi connectivity index (χ0) is 13.8. The normalized spacial score (nSPS) is 16.4. The van der Waals surface area contributed by atoms with Crippen molar-refractivity contribution < 1.29 is 9.59 Å². The number of amides is 2. The minimum absolute atomic E-state index is 0.0468. The molecule has 0 spiro atoms. The molecule has 0 radical (unpaired) electrons. The number of carbonyl (C=O) groups is 2. The minimum Gasteiger partial charge on any atom is -0.369 e. The molecule has 2 N–H and O–H groups in total. The second kappa shape index (κ2) is 5.87. The number of carbonyl (C=O) groups excluding carboxylic acids is 2. The summed E-state index contributed by atoms with van der Waals surface area (Å²) in [4.78, 5) is 25.2. The first-order chi connectivity index (χ1) is 9.11. The average molecular weight is 260 g/mol. The molecule has 2 amide bonds. The summed E-state index contributed by atoms with van der Waals surface area (Å²) < 4.78 is 0. The SMILES string of the molecule is CCc1ccc(C(=O)N2CCC(C(N)=O)CC2)cc1. The second-order valence-corrected chi connectivity index (χ2v) is 5.02. The third kappa shape index (κ3) is 3.13. The maximum atomic E-state index is 12.3. The smallest absolute Gasteiger partial charge is 0.253 e. The molecule has 1 aromatic carbocycles. The van der Waals surface area contributed by atoms with E-state index < -0.39 is 0 Å². The lowest BCUT2D eigenvalue weighted by atomic mass is 9.96. The number of benzene rings is 1. The Bertz CT molecular complexity index is 460. The molecular formula is C15H20N2O2. The van der Waals surface area contributed by atoms with Crippen molar-refractivity contribution in [2.75, 3.05) is 13.1 Å². The van der Waals surface area contributed by atoms with Crippen LogP contribution in [0.2, 0.25) is 0 Å². The quantitative estimate of drug-likeness (QED) is 0.897. The fourth-order valence-corrected chi connectivity index (χ4v) is 2.43. The van der Waals surface area contributed by atoms with Crippen LogP contribution >= 0.6 is 0 Å². The van der Waals surface area contributed by atoms with Crippen LogP contribution in [0.5, 0.6) is 0 Å². The second-order valence-electron chi connectivity index (χ2n) is 5.02. The molecule has 1 fully saturated rings. The van der Waals surface area contributed by atoms with Gasteiger partial charge in [-0.2, -0.15) is 0 Å². The molecular weight excluding hydrogens is 240 g/mol. The van der Waals surface area contributed by atoms with E-state index in [1.807, 2.05) is 24.3 Å². The van der Waals surface area contributed by atoms with Crippen LogP contribution in [0.15, 0.2) is 24.3 Å². The summed E-state index contributed by atoms with van der Waals surface area (Å²) in [5, 5.41) is 0. The van der Waals surface area contributed by atoms with Crippen LogP contribution in [-0.4, -0.2) is 29.8 Å². The van der Waals surface area contributed by atoms with Gasteiger partial charge in [-0.05, 0) is 37.0 Å². The largest absolute Gasteiger partial charge is 0.369 e. The Hall–Kier alpha value is -1.84. The first-order valence-corrected chi connectivity index (χ1v) is 6.79. The lowest BCUT2D eigenvalue weighted by Gasteiger charge is -2.30. The molecule has 0 bridgehead atoms. The fourth-order valence-electron chi connectivity index (χ4n) is 2.43. The number of primary amides is 1. The van der Waals surface area contributed by atoms with E-state index in [2.05, 4.69) is 6.92 Å². The molecule has 4 heteroatoms. The number of likely N-dealkylation sites (tertiary alicyclic amines) is 1. The highest BCUT2D eigenvalue weighted by Crippen LogP contribution is 2.19. The lowest BCUT2D eigenvalue weighted by Crippen LogP contribution is -2.41. The zero-order valence-corrected chi connectivity index (χ0v) is 11.3. The van der Waals surface area contributed by atoms with Gasteiger partial charge in [0.2, 0.25) is 5.91 Å². The molecule has 1 aliphatic heterocycles. The summed E-state index contributed by atoms with van der Waals surface area (Å²) in [5.41, 5.74) is 7.23. The minimum atomic E-state index is -0.251. The molecule has 4 nitrogen and oxygen atoms in total. The molecule has 0 aliphatic carbocycles. The zero-order valence-electron chi connectivity index (χ0n) is 11.3. The van der Waals surface area contributed by atoms with Crippen molar-refractivity contribution in [1.29, 1.82) is 0 Å². The van der Waals surface area contributed by atoms with Crippen molar-refractivity contribution in [2.45, 2.75) is 26.2 Å². The monoisotopic (exact) mass is 260 g/mol. The van der Waals surface area contributed by atoms with Crippen LogP contribution in [0.1, 0.15) is 35.7 Å². The van der Waals surface area contributed by atoms with Gasteiger partial charge in [0, 0.05) is 24.6 Å². The average Bonchev–Trinajstić information content (AvgIpc) is 2.46. The molecule has 2 rings (SSSR count). The van der Waals surface area contributed by atoms with Gasteiger partial charge in [0.25, 0.3) is 5.91 Å². The van der Waals surface area contributed by atoms with E-state index in [4.69, 9.17) is 5.73 Å². The summed E-state index contributed by atoms with van der Waals surface area (Å²) in [5.74, 6) is -0.281. The number of hydrogen-bond acceptors (Lipinski definition) is 2. The summed E-state index contributed by atoms with van der Waals surface area (Å²) in [6.07, 6.45) is 2.32. The number of piperidine rings is 1. The molecule has 0 atom stereocenters. The van der Waals surface area contributed by atoms with Crippen LogP contribution < -0.4 is 5.73 Å². The van der Waals surface area contributed by atoms with Gasteiger partial charge >= 0.3 is 0 Å². The van der Waals surface area contributed by atoms with Crippen molar-refractivity contribution >= 4 is 11.8 Å². The first-order valence-electron chi connectivity index (χ1n) is 6.79. The molecule has 0 saturated carbocycles. The molecule has 1 saturated heterocycles. The van der Waals surface area contributed by atoms with E-state index in [-0.39, 0.29) is 17.7 Å². The molecule has 1 aliphatic rings. The summed E-state index contributed by atoms with van der Waals surface area (Å²) in [7, 11) is 0. The summed E-state index contributed by atoms with van der Waals surface area (Å²) >= 11 is 0. The maximum absolute atomic E-state index is 12.3. The number of aryl methyl sites for hydroxylation is 1. The summed E-state index contributed by atoms with van der Waals surface area (Å²) in [6.45, 7) is 3.31. The number of rotatable bonds is 3. The van der Waals surface area contributed by atoms with Gasteiger partial charge in [0.1, 0.15) is 0 Å². The topological polar surface area (TPSA) is 63.4 Å². The van der Waals surface area contributed by atoms with E-state index >= 15 is 0 Å². The van der Waals surface area contributed by atoms with E-state index in [1.54, 1.807) is 4.90 Å². The van der Waals surface area contributed by atoms with E-state index in [0.717, 1.165) is 12.0 Å². The van der Waals surface area contributed by atoms with Gasteiger partial charge in [0.05, 0.1) is 0 Å². The van der Waals surface area contributed by atoms with Crippen molar-refractivity contribution in [3.8, 4) is 0 Å². The Balaban J connectivity index is 1.98. The highest BCUT2D eigenvalue weighted by atomic mass is 16.2. The molecule has 102 valence electrons. The van der Waals surface area contributed by atoms with Crippen molar-refractivity contribution in [2.24, 2.45) is 11.7 Å². The number of nitrogens with zero attached hydrogens (tertiary/aromatic N) is 1. The van der Waals surface area contributed by atoms with Gasteiger partial charge in [0.15, 0.2) is 0 Å². The van der Waals surface area contributed by atoms with Gasteiger partial charge in [-0.25, -0.2) is 0 Å². The first kappa shape index (κ1) is 13.6. The third-order valence-corrected chi connectivity index (χ3v) is 3.79. The van der Waals surface area contributed by atoms with E-state index in [1.165, 1.54) is 5.56 Å². The highest BCUT2D eigenvalue weighted by Gasteiger charge is 2.26. The van der Waals surface area contributed by atoms with Gasteiger partial charge in [-0.15, -0.1) is 0 Å². The Morgan fingerprint density at radius 3 is 2.26 bits per heavy atom. The van der Waals surface area contributed by atoms with E-state index in [9.17, 15) is 9.59 Å². The highest BCUT2D eigenvalue weighted by molar-refractivity contribution is 5.94. The Labute approximate surface area is 113 Å². The van der Waals surface area contributed by atoms with Crippen molar-refractivity contribution in [3.05, 3.63) is 35.4 Å². The fraction of sp³-hybridized carbons (Fsp3) is 0.467. The molecule has 0 aromatic heterocycles. The number of hydrogen-bond donors (Lipinski definition) is 1. The Morgan fingerprint density at radius 2 is 1.79 bits per heavy atom. The van der Waals surface area contributed by atoms with Crippen molar-refractivity contribution in [1.82, 2.24) is 4.90 Å². The molecule has 19 heavy (non-hydrogen) atoms. The maximum Gasteiger partial charge on any atom is 0.253 e.